The van der Waals surface area contributed by atoms with E-state index < -0.39 is 5.60 Å². The number of hydrogen-bond acceptors (Lipinski definition) is 4. The number of anilines is 1. The summed E-state index contributed by atoms with van der Waals surface area (Å²) in [5.74, 6) is 1.76. The second kappa shape index (κ2) is 5.53. The molecule has 0 bridgehead atoms. The van der Waals surface area contributed by atoms with Gasteiger partial charge >= 0.3 is 0 Å². The molecule has 0 radical (unpaired) electrons. The minimum absolute atomic E-state index is 0.564. The molecule has 4 nitrogen and oxygen atoms in total. The van der Waals surface area contributed by atoms with Crippen molar-refractivity contribution >= 4 is 16.6 Å². The third-order valence-electron chi connectivity index (χ3n) is 4.38. The third kappa shape index (κ3) is 2.81. The van der Waals surface area contributed by atoms with Gasteiger partial charge in [0.2, 0.25) is 0 Å². The van der Waals surface area contributed by atoms with Crippen LogP contribution in [0.4, 0.5) is 5.82 Å². The highest BCUT2D eigenvalue weighted by Crippen LogP contribution is 2.33. The normalized spacial score (nSPS) is 17.1. The summed E-state index contributed by atoms with van der Waals surface area (Å²) in [6.07, 6.45) is 5.81. The molecule has 21 heavy (non-hydrogen) atoms. The molecule has 1 aliphatic carbocycles. The van der Waals surface area contributed by atoms with Crippen LogP contribution in [-0.4, -0.2) is 36.4 Å². The van der Waals surface area contributed by atoms with E-state index in [0.29, 0.717) is 6.54 Å². The van der Waals surface area contributed by atoms with Crippen LogP contribution in [0, 0.1) is 0 Å². The number of fused-ring (bicyclic) bond motifs is 1. The predicted octanol–water partition coefficient (Wildman–Crippen LogP) is 2.98. The lowest BCUT2D eigenvalue weighted by Gasteiger charge is -2.30. The maximum absolute atomic E-state index is 10.6. The van der Waals surface area contributed by atoms with Crippen LogP contribution in [0.15, 0.2) is 30.5 Å². The molecular weight excluding hydrogens is 264 g/mol. The van der Waals surface area contributed by atoms with E-state index in [2.05, 4.69) is 9.88 Å². The first-order valence-electron chi connectivity index (χ1n) is 7.48. The van der Waals surface area contributed by atoms with Crippen LogP contribution in [0.5, 0.6) is 5.75 Å². The van der Waals surface area contributed by atoms with Crippen molar-refractivity contribution in [1.82, 2.24) is 4.98 Å². The molecule has 0 aliphatic heterocycles. The van der Waals surface area contributed by atoms with E-state index in [4.69, 9.17) is 4.74 Å². The number of likely N-dealkylation sites (N-methyl/N-ethyl adjacent to an activating group) is 1. The van der Waals surface area contributed by atoms with Crippen molar-refractivity contribution in [1.29, 1.82) is 0 Å². The van der Waals surface area contributed by atoms with Crippen molar-refractivity contribution in [3.8, 4) is 5.75 Å². The first kappa shape index (κ1) is 14.1. The molecule has 1 fully saturated rings. The lowest BCUT2D eigenvalue weighted by Crippen LogP contribution is -2.39. The van der Waals surface area contributed by atoms with Crippen LogP contribution in [0.2, 0.25) is 0 Å². The molecule has 1 aromatic carbocycles. The minimum atomic E-state index is -0.564. The quantitative estimate of drug-likeness (QED) is 0.938. The van der Waals surface area contributed by atoms with Gasteiger partial charge in [0.1, 0.15) is 11.6 Å². The maximum atomic E-state index is 10.6. The molecule has 0 unspecified atom stereocenters. The van der Waals surface area contributed by atoms with Crippen molar-refractivity contribution in [3.05, 3.63) is 30.5 Å². The second-order valence-electron chi connectivity index (χ2n) is 6.01. The van der Waals surface area contributed by atoms with Gasteiger partial charge in [-0.2, -0.15) is 0 Å². The molecule has 1 heterocycles. The fourth-order valence-electron chi connectivity index (χ4n) is 3.28. The minimum Gasteiger partial charge on any atom is -0.497 e. The Morgan fingerprint density at radius 1 is 1.29 bits per heavy atom. The Balaban J connectivity index is 1.92. The Kier molecular flexibility index (Phi) is 3.72. The fraction of sp³-hybridized carbons (Fsp3) is 0.471. The van der Waals surface area contributed by atoms with Gasteiger partial charge in [0.05, 0.1) is 12.7 Å². The van der Waals surface area contributed by atoms with E-state index in [9.17, 15) is 5.11 Å². The molecule has 1 saturated carbocycles. The Morgan fingerprint density at radius 2 is 2.05 bits per heavy atom. The molecule has 0 spiro atoms. The van der Waals surface area contributed by atoms with E-state index in [1.165, 1.54) is 0 Å². The van der Waals surface area contributed by atoms with Crippen molar-refractivity contribution in [2.75, 3.05) is 25.6 Å². The molecule has 112 valence electrons. The molecule has 1 aliphatic rings. The van der Waals surface area contributed by atoms with Crippen LogP contribution in [0.1, 0.15) is 25.7 Å². The molecule has 4 heteroatoms. The topological polar surface area (TPSA) is 45.6 Å². The molecule has 2 aromatic rings. The average Bonchev–Trinajstić information content (AvgIpc) is 2.92. The van der Waals surface area contributed by atoms with Gasteiger partial charge in [0.15, 0.2) is 0 Å². The first-order chi connectivity index (χ1) is 10.1. The number of hydrogen-bond donors (Lipinski definition) is 1. The highest BCUT2D eigenvalue weighted by Gasteiger charge is 2.32. The molecule has 0 saturated heterocycles. The van der Waals surface area contributed by atoms with E-state index >= 15 is 0 Å². The van der Waals surface area contributed by atoms with Gasteiger partial charge in [0, 0.05) is 25.2 Å². The lowest BCUT2D eigenvalue weighted by atomic mass is 10.0. The molecule has 1 N–H and O–H groups in total. The van der Waals surface area contributed by atoms with E-state index in [1.54, 1.807) is 7.11 Å². The van der Waals surface area contributed by atoms with Gasteiger partial charge in [-0.3, -0.25) is 0 Å². The summed E-state index contributed by atoms with van der Waals surface area (Å²) in [6, 6.07) is 7.98. The second-order valence-corrected chi connectivity index (χ2v) is 6.01. The average molecular weight is 286 g/mol. The summed E-state index contributed by atoms with van der Waals surface area (Å²) in [6.45, 7) is 0.630. The molecule has 0 atom stereocenters. The summed E-state index contributed by atoms with van der Waals surface area (Å²) >= 11 is 0. The third-order valence-corrected chi connectivity index (χ3v) is 4.38. The number of methoxy groups -OCH3 is 1. The van der Waals surface area contributed by atoms with E-state index in [0.717, 1.165) is 48.0 Å². The van der Waals surface area contributed by atoms with Crippen LogP contribution < -0.4 is 9.64 Å². The van der Waals surface area contributed by atoms with Gasteiger partial charge in [-0.1, -0.05) is 12.8 Å². The highest BCUT2D eigenvalue weighted by atomic mass is 16.5. The van der Waals surface area contributed by atoms with Gasteiger partial charge in [-0.25, -0.2) is 4.98 Å². The molecular formula is C17H22N2O2. The van der Waals surface area contributed by atoms with Gasteiger partial charge < -0.3 is 14.7 Å². The number of nitrogens with zero attached hydrogens (tertiary/aromatic N) is 2. The summed E-state index contributed by atoms with van der Waals surface area (Å²) in [7, 11) is 3.67. The number of aromatic nitrogens is 1. The van der Waals surface area contributed by atoms with Gasteiger partial charge in [0.25, 0.3) is 0 Å². The summed E-state index contributed by atoms with van der Waals surface area (Å²) in [5.41, 5.74) is -0.564. The largest absolute Gasteiger partial charge is 0.497 e. The number of pyridine rings is 1. The number of benzene rings is 1. The van der Waals surface area contributed by atoms with Crippen LogP contribution in [0.25, 0.3) is 10.8 Å². The zero-order valence-electron chi connectivity index (χ0n) is 12.7. The molecule has 3 rings (SSSR count). The van der Waals surface area contributed by atoms with Gasteiger partial charge in [-0.05, 0) is 42.5 Å². The smallest absolute Gasteiger partial charge is 0.136 e. The predicted molar refractivity (Wildman–Crippen MR) is 85.0 cm³/mol. The van der Waals surface area contributed by atoms with E-state index in [1.807, 2.05) is 37.5 Å². The maximum Gasteiger partial charge on any atom is 0.136 e. The number of rotatable bonds is 4. The SMILES string of the molecule is COc1ccc2c(N(C)CC3(O)CCCC3)nccc2c1. The summed E-state index contributed by atoms with van der Waals surface area (Å²) < 4.78 is 5.27. The van der Waals surface area contributed by atoms with Crippen molar-refractivity contribution in [3.63, 3.8) is 0 Å². The zero-order valence-corrected chi connectivity index (χ0v) is 12.7. The van der Waals surface area contributed by atoms with Crippen molar-refractivity contribution < 1.29 is 9.84 Å². The highest BCUT2D eigenvalue weighted by molar-refractivity contribution is 5.93. The van der Waals surface area contributed by atoms with Gasteiger partial charge in [-0.15, -0.1) is 0 Å². The Hall–Kier alpha value is -1.81. The Labute approximate surface area is 125 Å². The van der Waals surface area contributed by atoms with Crippen LogP contribution in [0.3, 0.4) is 0 Å². The number of aliphatic hydroxyl groups is 1. The monoisotopic (exact) mass is 286 g/mol. The molecule has 0 amide bonds. The fourth-order valence-corrected chi connectivity index (χ4v) is 3.28. The van der Waals surface area contributed by atoms with Crippen molar-refractivity contribution in [2.45, 2.75) is 31.3 Å². The summed E-state index contributed by atoms with van der Waals surface area (Å²) in [4.78, 5) is 6.58. The lowest BCUT2D eigenvalue weighted by molar-refractivity contribution is 0.0558. The van der Waals surface area contributed by atoms with Crippen molar-refractivity contribution in [2.24, 2.45) is 0 Å². The van der Waals surface area contributed by atoms with Crippen LogP contribution in [-0.2, 0) is 0 Å². The standard InChI is InChI=1S/C17H22N2O2/c1-19(12-17(20)8-3-4-9-17)16-15-6-5-14(21-2)11-13(15)7-10-18-16/h5-7,10-11,20H,3-4,8-9,12H2,1-2H3. The van der Waals surface area contributed by atoms with E-state index in [-0.39, 0.29) is 0 Å². The Bertz CT molecular complexity index is 636. The summed E-state index contributed by atoms with van der Waals surface area (Å²) in [5, 5.41) is 12.8. The Morgan fingerprint density at radius 3 is 2.76 bits per heavy atom. The van der Waals surface area contributed by atoms with Crippen LogP contribution >= 0.6 is 0 Å². The molecule has 1 aromatic heterocycles. The first-order valence-corrected chi connectivity index (χ1v) is 7.48. The zero-order chi connectivity index (χ0) is 14.9. The number of ether oxygens (including phenoxy) is 1.